The number of phosphoric ester groups is 1. The summed E-state index contributed by atoms with van der Waals surface area (Å²) in [5.74, 6) is -1.11. The number of carbonyl (C=O) groups is 1. The average molecular weight is 274 g/mol. The van der Waals surface area contributed by atoms with Crippen LogP contribution >= 0.6 is 7.82 Å². The number of carbonyl (C=O) groups excluding carboxylic acids is 1. The first-order chi connectivity index (χ1) is 7.72. The Balaban J connectivity index is 4.34. The van der Waals surface area contributed by atoms with Crippen molar-refractivity contribution < 1.29 is 43.4 Å². The number of aliphatic hydroxyl groups is 2. The van der Waals surface area contributed by atoms with Crippen molar-refractivity contribution in [2.75, 3.05) is 20.8 Å². The largest absolute Gasteiger partial charge is 0.470 e. The molecule has 0 aliphatic carbocycles. The Morgan fingerprint density at radius 3 is 2.06 bits per heavy atom. The maximum atomic E-state index is 11.2. The molecule has 0 spiro atoms. The van der Waals surface area contributed by atoms with Crippen LogP contribution in [0.15, 0.2) is 0 Å². The summed E-state index contributed by atoms with van der Waals surface area (Å²) in [5.41, 5.74) is 0. The zero-order chi connectivity index (χ0) is 13.6. The van der Waals surface area contributed by atoms with Crippen LogP contribution in [0.1, 0.15) is 0 Å². The van der Waals surface area contributed by atoms with E-state index in [1.807, 2.05) is 0 Å². The minimum Gasteiger partial charge on any atom is -0.385 e. The normalized spacial score (nSPS) is 15.9. The summed E-state index contributed by atoms with van der Waals surface area (Å²) in [7, 11) is -2.44. The molecule has 0 bridgehead atoms. The molecule has 0 aromatic heterocycles. The molecule has 0 radical (unpaired) electrons. The number of aliphatic hydroxyl groups excluding tert-OH is 2. The third-order valence-corrected chi connectivity index (χ3v) is 2.24. The number of hydrogen-bond acceptors (Lipinski definition) is 7. The fourth-order valence-corrected chi connectivity index (χ4v) is 1.24. The van der Waals surface area contributed by atoms with Gasteiger partial charge < -0.3 is 29.5 Å². The molecule has 0 fully saturated rings. The van der Waals surface area contributed by atoms with Crippen molar-refractivity contribution in [1.29, 1.82) is 0 Å². The molecular weight excluding hydrogens is 259 g/mol. The Morgan fingerprint density at radius 2 is 1.71 bits per heavy atom. The van der Waals surface area contributed by atoms with Crippen LogP contribution in [0.5, 0.6) is 0 Å². The molecule has 0 aromatic carbocycles. The van der Waals surface area contributed by atoms with Gasteiger partial charge in [-0.25, -0.2) is 4.57 Å². The summed E-state index contributed by atoms with van der Waals surface area (Å²) >= 11 is 0. The van der Waals surface area contributed by atoms with Gasteiger partial charge in [0.15, 0.2) is 12.1 Å². The molecule has 102 valence electrons. The zero-order valence-electron chi connectivity index (χ0n) is 9.22. The third kappa shape index (κ3) is 6.20. The first-order valence-corrected chi connectivity index (χ1v) is 5.90. The van der Waals surface area contributed by atoms with Crippen molar-refractivity contribution in [1.82, 2.24) is 0 Å². The van der Waals surface area contributed by atoms with Gasteiger partial charge in [0.25, 0.3) is 0 Å². The van der Waals surface area contributed by atoms with Gasteiger partial charge in [-0.15, -0.1) is 0 Å². The minimum absolute atomic E-state index is 1.04. The summed E-state index contributed by atoms with van der Waals surface area (Å²) in [6, 6.07) is 0. The Morgan fingerprint density at radius 1 is 1.24 bits per heavy atom. The zero-order valence-corrected chi connectivity index (χ0v) is 10.1. The second kappa shape index (κ2) is 7.14. The van der Waals surface area contributed by atoms with Gasteiger partial charge in [-0.3, -0.25) is 9.32 Å². The van der Waals surface area contributed by atoms with Gasteiger partial charge in [0.2, 0.25) is 0 Å². The van der Waals surface area contributed by atoms with Crippen molar-refractivity contribution in [3.05, 3.63) is 0 Å². The Hall–Kier alpha value is -0.380. The molecule has 4 N–H and O–H groups in total. The maximum absolute atomic E-state index is 11.2. The van der Waals surface area contributed by atoms with Gasteiger partial charge >= 0.3 is 7.82 Å². The van der Waals surface area contributed by atoms with E-state index in [-0.39, 0.29) is 0 Å². The summed E-state index contributed by atoms with van der Waals surface area (Å²) in [5, 5.41) is 18.7. The van der Waals surface area contributed by atoms with Crippen LogP contribution < -0.4 is 0 Å². The predicted octanol–water partition coefficient (Wildman–Crippen LogP) is -1.99. The molecular formula is C7H15O9P. The lowest BCUT2D eigenvalue weighted by Gasteiger charge is -2.23. The quantitative estimate of drug-likeness (QED) is 0.292. The van der Waals surface area contributed by atoms with E-state index < -0.39 is 38.7 Å². The third-order valence-electron chi connectivity index (χ3n) is 1.77. The lowest BCUT2D eigenvalue weighted by molar-refractivity contribution is -0.192. The summed E-state index contributed by atoms with van der Waals surface area (Å²) < 4.78 is 23.4. The van der Waals surface area contributed by atoms with Gasteiger partial charge in [0.05, 0.1) is 0 Å². The van der Waals surface area contributed by atoms with E-state index in [0.29, 0.717) is 0 Å². The lowest BCUT2D eigenvalue weighted by Crippen LogP contribution is -2.45. The first kappa shape index (κ1) is 16.6. The lowest BCUT2D eigenvalue weighted by atomic mass is 10.1. The SMILES string of the molecule is COC(OC)[C@@H](O)[C@@H](O)C(=O)COP(=O)(O)O. The molecule has 0 aromatic rings. The summed E-state index contributed by atoms with van der Waals surface area (Å²) in [6.07, 6.45) is -4.88. The molecule has 0 aliphatic heterocycles. The molecule has 0 rings (SSSR count). The van der Waals surface area contributed by atoms with Gasteiger partial charge in [-0.05, 0) is 0 Å². The number of phosphoric acid groups is 1. The van der Waals surface area contributed by atoms with Crippen molar-refractivity contribution >= 4 is 13.6 Å². The summed E-state index contributed by atoms with van der Waals surface area (Å²) in [6.45, 7) is -1.04. The van der Waals surface area contributed by atoms with Crippen LogP contribution in [0.4, 0.5) is 0 Å². The smallest absolute Gasteiger partial charge is 0.385 e. The van der Waals surface area contributed by atoms with Crippen LogP contribution in [-0.2, 0) is 23.4 Å². The molecule has 0 amide bonds. The summed E-state index contributed by atoms with van der Waals surface area (Å²) in [4.78, 5) is 27.8. The van der Waals surface area contributed by atoms with Crippen molar-refractivity contribution in [2.24, 2.45) is 0 Å². The molecule has 17 heavy (non-hydrogen) atoms. The number of ketones is 1. The second-order valence-electron chi connectivity index (χ2n) is 3.01. The predicted molar refractivity (Wildman–Crippen MR) is 52.8 cm³/mol. The van der Waals surface area contributed by atoms with E-state index in [1.54, 1.807) is 0 Å². The standard InChI is InChI=1S/C7H15O9P/c1-14-7(15-2)6(10)5(9)4(8)3-16-17(11,12)13/h5-7,9-10H,3H2,1-2H3,(H2,11,12,13)/t5-,6-/m0/s1. The van der Waals surface area contributed by atoms with Crippen molar-refractivity contribution in [3.8, 4) is 0 Å². The number of methoxy groups -OCH3 is 2. The Bertz CT molecular complexity index is 283. The highest BCUT2D eigenvalue weighted by atomic mass is 31.2. The monoisotopic (exact) mass is 274 g/mol. The molecule has 0 aliphatic rings. The molecule has 9 nitrogen and oxygen atoms in total. The van der Waals surface area contributed by atoms with Crippen molar-refractivity contribution in [3.63, 3.8) is 0 Å². The molecule has 0 unspecified atom stereocenters. The first-order valence-electron chi connectivity index (χ1n) is 4.37. The maximum Gasteiger partial charge on any atom is 0.470 e. The van der Waals surface area contributed by atoms with E-state index in [0.717, 1.165) is 0 Å². The topological polar surface area (TPSA) is 143 Å². The van der Waals surface area contributed by atoms with E-state index in [4.69, 9.17) is 9.79 Å². The minimum atomic E-state index is -4.80. The Kier molecular flexibility index (Phi) is 6.98. The van der Waals surface area contributed by atoms with Crippen LogP contribution in [0.25, 0.3) is 0 Å². The van der Waals surface area contributed by atoms with Crippen LogP contribution in [0, 0.1) is 0 Å². The Labute approximate surface area is 97.2 Å². The van der Waals surface area contributed by atoms with E-state index in [2.05, 4.69) is 14.0 Å². The number of Topliss-reactive ketones (excluding diaryl/α,β-unsaturated/α-hetero) is 1. The van der Waals surface area contributed by atoms with Crippen LogP contribution in [-0.4, -0.2) is 65.1 Å². The van der Waals surface area contributed by atoms with Gasteiger partial charge in [0, 0.05) is 14.2 Å². The average Bonchev–Trinajstić information content (AvgIpc) is 2.25. The molecule has 0 saturated carbocycles. The van der Waals surface area contributed by atoms with E-state index in [1.165, 1.54) is 14.2 Å². The number of rotatable bonds is 8. The molecule has 0 saturated heterocycles. The van der Waals surface area contributed by atoms with Gasteiger partial charge in [-0.1, -0.05) is 0 Å². The number of hydrogen-bond donors (Lipinski definition) is 4. The van der Waals surface area contributed by atoms with Crippen molar-refractivity contribution in [2.45, 2.75) is 18.5 Å². The highest BCUT2D eigenvalue weighted by Crippen LogP contribution is 2.35. The molecule has 2 atom stereocenters. The van der Waals surface area contributed by atoms with E-state index in [9.17, 15) is 19.6 Å². The fourth-order valence-electron chi connectivity index (χ4n) is 0.947. The highest BCUT2D eigenvalue weighted by molar-refractivity contribution is 7.46. The second-order valence-corrected chi connectivity index (χ2v) is 4.24. The van der Waals surface area contributed by atoms with Crippen LogP contribution in [0.3, 0.4) is 0 Å². The van der Waals surface area contributed by atoms with Crippen LogP contribution in [0.2, 0.25) is 0 Å². The molecule has 10 heteroatoms. The number of ether oxygens (including phenoxy) is 2. The van der Waals surface area contributed by atoms with E-state index >= 15 is 0 Å². The molecule has 0 heterocycles. The highest BCUT2D eigenvalue weighted by Gasteiger charge is 2.32. The van der Waals surface area contributed by atoms with Gasteiger partial charge in [-0.2, -0.15) is 0 Å². The van der Waals surface area contributed by atoms with Gasteiger partial charge in [0.1, 0.15) is 18.8 Å². The fraction of sp³-hybridized carbons (Fsp3) is 0.857.